The lowest BCUT2D eigenvalue weighted by Gasteiger charge is -2.12. The molecule has 1 amide bonds. The lowest BCUT2D eigenvalue weighted by atomic mass is 10.2. The van der Waals surface area contributed by atoms with Gasteiger partial charge in [0.1, 0.15) is 5.75 Å². The van der Waals surface area contributed by atoms with E-state index in [1.54, 1.807) is 12.1 Å². The number of amides is 1. The molecule has 0 saturated heterocycles. The minimum Gasteiger partial charge on any atom is -0.493 e. The SMILES string of the molecule is Cc1ccccc1OCCC(=O)OCC(=O)Nc1cc(C(F)(F)F)ccc1Cl. The monoisotopic (exact) mass is 415 g/mol. The van der Waals surface area contributed by atoms with Crippen LogP contribution in [0.3, 0.4) is 0 Å². The second kappa shape index (κ2) is 9.45. The smallest absolute Gasteiger partial charge is 0.416 e. The van der Waals surface area contributed by atoms with Crippen molar-refractivity contribution in [2.24, 2.45) is 0 Å². The van der Waals surface area contributed by atoms with Crippen molar-refractivity contribution in [1.82, 2.24) is 0 Å². The van der Waals surface area contributed by atoms with E-state index in [1.807, 2.05) is 19.1 Å². The van der Waals surface area contributed by atoms with Gasteiger partial charge >= 0.3 is 12.1 Å². The van der Waals surface area contributed by atoms with Crippen LogP contribution in [0.25, 0.3) is 0 Å². The second-order valence-corrected chi connectivity index (χ2v) is 6.17. The molecule has 0 aliphatic heterocycles. The predicted molar refractivity (Wildman–Crippen MR) is 97.3 cm³/mol. The van der Waals surface area contributed by atoms with Crippen LogP contribution in [0.15, 0.2) is 42.5 Å². The van der Waals surface area contributed by atoms with Crippen molar-refractivity contribution in [2.45, 2.75) is 19.5 Å². The van der Waals surface area contributed by atoms with E-state index in [0.717, 1.165) is 17.7 Å². The number of hydrogen-bond acceptors (Lipinski definition) is 4. The maximum Gasteiger partial charge on any atom is 0.416 e. The summed E-state index contributed by atoms with van der Waals surface area (Å²) in [5, 5.41) is 2.12. The van der Waals surface area contributed by atoms with E-state index >= 15 is 0 Å². The maximum atomic E-state index is 12.7. The Morgan fingerprint density at radius 1 is 1.14 bits per heavy atom. The number of halogens is 4. The maximum absolute atomic E-state index is 12.7. The van der Waals surface area contributed by atoms with Crippen molar-refractivity contribution in [3.8, 4) is 5.75 Å². The van der Waals surface area contributed by atoms with Crippen LogP contribution in [0, 0.1) is 6.92 Å². The Kier molecular flexibility index (Phi) is 7.28. The Morgan fingerprint density at radius 3 is 2.54 bits per heavy atom. The first-order valence-electron chi connectivity index (χ1n) is 8.17. The first-order valence-corrected chi connectivity index (χ1v) is 8.55. The molecule has 2 rings (SSSR count). The number of carbonyl (C=O) groups excluding carboxylic acids is 2. The van der Waals surface area contributed by atoms with Gasteiger partial charge in [-0.3, -0.25) is 9.59 Å². The minimum absolute atomic E-state index is 0.0603. The van der Waals surface area contributed by atoms with Crippen LogP contribution >= 0.6 is 11.6 Å². The average molecular weight is 416 g/mol. The molecule has 28 heavy (non-hydrogen) atoms. The van der Waals surface area contributed by atoms with Crippen LogP contribution in [0.4, 0.5) is 18.9 Å². The number of anilines is 1. The third-order valence-electron chi connectivity index (χ3n) is 3.59. The van der Waals surface area contributed by atoms with Gasteiger partial charge in [-0.1, -0.05) is 29.8 Å². The van der Waals surface area contributed by atoms with Gasteiger partial charge in [-0.25, -0.2) is 0 Å². The first kappa shape index (κ1) is 21.6. The molecule has 0 atom stereocenters. The molecule has 0 aliphatic rings. The van der Waals surface area contributed by atoms with Crippen LogP contribution in [0.5, 0.6) is 5.75 Å². The van der Waals surface area contributed by atoms with E-state index in [2.05, 4.69) is 5.32 Å². The number of hydrogen-bond donors (Lipinski definition) is 1. The molecule has 2 aromatic rings. The number of nitrogens with one attached hydrogen (secondary N) is 1. The van der Waals surface area contributed by atoms with E-state index in [1.165, 1.54) is 0 Å². The van der Waals surface area contributed by atoms with Crippen molar-refractivity contribution in [3.05, 3.63) is 58.6 Å². The summed E-state index contributed by atoms with van der Waals surface area (Å²) in [6.45, 7) is 1.26. The fraction of sp³-hybridized carbons (Fsp3) is 0.263. The van der Waals surface area contributed by atoms with Crippen LogP contribution in [0.2, 0.25) is 5.02 Å². The Morgan fingerprint density at radius 2 is 1.86 bits per heavy atom. The average Bonchev–Trinajstić information content (AvgIpc) is 2.62. The number of alkyl halides is 3. The van der Waals surface area contributed by atoms with Gasteiger partial charge < -0.3 is 14.8 Å². The fourth-order valence-electron chi connectivity index (χ4n) is 2.16. The Labute approximate surface area is 164 Å². The van der Waals surface area contributed by atoms with E-state index in [0.29, 0.717) is 11.8 Å². The molecule has 150 valence electrons. The third kappa shape index (κ3) is 6.45. The molecule has 0 heterocycles. The quantitative estimate of drug-likeness (QED) is 0.670. The Bertz CT molecular complexity index is 855. The lowest BCUT2D eigenvalue weighted by Crippen LogP contribution is -2.22. The number of ether oxygens (including phenoxy) is 2. The van der Waals surface area contributed by atoms with Gasteiger partial charge in [-0.2, -0.15) is 13.2 Å². The standard InChI is InChI=1S/C19H17ClF3NO4/c1-12-4-2-3-5-16(12)27-9-8-18(26)28-11-17(25)24-15-10-13(19(21,22)23)6-7-14(15)20/h2-7,10H,8-9,11H2,1H3,(H,24,25). The van der Waals surface area contributed by atoms with Gasteiger partial charge in [-0.05, 0) is 36.8 Å². The summed E-state index contributed by atoms with van der Waals surface area (Å²) in [5.74, 6) is -0.861. The van der Waals surface area contributed by atoms with Gasteiger partial charge in [0.2, 0.25) is 0 Å². The summed E-state index contributed by atoms with van der Waals surface area (Å²) >= 11 is 5.79. The van der Waals surface area contributed by atoms with Crippen molar-refractivity contribution >= 4 is 29.2 Å². The van der Waals surface area contributed by atoms with Gasteiger partial charge in [0, 0.05) is 0 Å². The Balaban J connectivity index is 1.79. The van der Waals surface area contributed by atoms with Gasteiger partial charge in [0.15, 0.2) is 6.61 Å². The second-order valence-electron chi connectivity index (χ2n) is 5.77. The number of esters is 1. The van der Waals surface area contributed by atoms with Gasteiger partial charge in [-0.15, -0.1) is 0 Å². The van der Waals surface area contributed by atoms with Crippen molar-refractivity contribution in [1.29, 1.82) is 0 Å². The lowest BCUT2D eigenvalue weighted by molar-refractivity contribution is -0.147. The summed E-state index contributed by atoms with van der Waals surface area (Å²) in [7, 11) is 0. The topological polar surface area (TPSA) is 64.6 Å². The zero-order valence-corrected chi connectivity index (χ0v) is 15.6. The molecular formula is C19H17ClF3NO4. The number of rotatable bonds is 7. The molecule has 5 nitrogen and oxygen atoms in total. The van der Waals surface area contributed by atoms with Crippen LogP contribution in [-0.4, -0.2) is 25.1 Å². The highest BCUT2D eigenvalue weighted by Gasteiger charge is 2.31. The van der Waals surface area contributed by atoms with E-state index < -0.39 is 30.2 Å². The van der Waals surface area contributed by atoms with Crippen LogP contribution in [-0.2, 0) is 20.5 Å². The molecule has 0 radical (unpaired) electrons. The highest BCUT2D eigenvalue weighted by Crippen LogP contribution is 2.33. The molecule has 0 saturated carbocycles. The molecule has 0 aliphatic carbocycles. The Hall–Kier alpha value is -2.74. The molecule has 0 fully saturated rings. The van der Waals surface area contributed by atoms with E-state index in [9.17, 15) is 22.8 Å². The number of para-hydroxylation sites is 1. The summed E-state index contributed by atoms with van der Waals surface area (Å²) in [6, 6.07) is 9.79. The fourth-order valence-corrected chi connectivity index (χ4v) is 2.33. The van der Waals surface area contributed by atoms with Crippen LogP contribution in [0.1, 0.15) is 17.5 Å². The summed E-state index contributed by atoms with van der Waals surface area (Å²) in [6.07, 6.45) is -4.67. The molecule has 9 heteroatoms. The van der Waals surface area contributed by atoms with Crippen LogP contribution < -0.4 is 10.1 Å². The number of benzene rings is 2. The summed E-state index contributed by atoms with van der Waals surface area (Å²) < 4.78 is 48.4. The minimum atomic E-state index is -4.58. The summed E-state index contributed by atoms with van der Waals surface area (Å²) in [5.41, 5.74) is -0.272. The van der Waals surface area contributed by atoms with E-state index in [4.69, 9.17) is 21.1 Å². The zero-order valence-electron chi connectivity index (χ0n) is 14.8. The first-order chi connectivity index (χ1) is 13.2. The number of aryl methyl sites for hydroxylation is 1. The predicted octanol–water partition coefficient (Wildman–Crippen LogP) is 4.62. The van der Waals surface area contributed by atoms with Crippen molar-refractivity contribution in [3.63, 3.8) is 0 Å². The molecule has 1 N–H and O–H groups in total. The molecule has 2 aromatic carbocycles. The van der Waals surface area contributed by atoms with E-state index in [-0.39, 0.29) is 23.7 Å². The van der Waals surface area contributed by atoms with Crippen molar-refractivity contribution in [2.75, 3.05) is 18.5 Å². The normalized spacial score (nSPS) is 11.0. The molecular weight excluding hydrogens is 399 g/mol. The number of carbonyl (C=O) groups is 2. The zero-order chi connectivity index (χ0) is 20.7. The molecule has 0 aromatic heterocycles. The summed E-state index contributed by atoms with van der Waals surface area (Å²) in [4.78, 5) is 23.5. The molecule has 0 unspecified atom stereocenters. The molecule has 0 spiro atoms. The molecule has 0 bridgehead atoms. The largest absolute Gasteiger partial charge is 0.493 e. The van der Waals surface area contributed by atoms with Crippen molar-refractivity contribution < 1.29 is 32.2 Å². The third-order valence-corrected chi connectivity index (χ3v) is 3.92. The highest BCUT2D eigenvalue weighted by molar-refractivity contribution is 6.33. The van der Waals surface area contributed by atoms with Gasteiger partial charge in [0.05, 0.1) is 29.3 Å². The highest BCUT2D eigenvalue weighted by atomic mass is 35.5. The van der Waals surface area contributed by atoms with Gasteiger partial charge in [0.25, 0.3) is 5.91 Å².